The van der Waals surface area contributed by atoms with E-state index in [-0.39, 0.29) is 5.82 Å². The summed E-state index contributed by atoms with van der Waals surface area (Å²) < 4.78 is 14.2. The van der Waals surface area contributed by atoms with Crippen LogP contribution in [-0.4, -0.2) is 18.0 Å². The summed E-state index contributed by atoms with van der Waals surface area (Å²) in [6.45, 7) is 7.46. The van der Waals surface area contributed by atoms with E-state index in [0.717, 1.165) is 29.7 Å². The average Bonchev–Trinajstić information content (AvgIpc) is 2.31. The van der Waals surface area contributed by atoms with Gasteiger partial charge in [-0.15, -0.1) is 0 Å². The van der Waals surface area contributed by atoms with Crippen LogP contribution in [0.2, 0.25) is 0 Å². The van der Waals surface area contributed by atoms with Crippen molar-refractivity contribution in [2.45, 2.75) is 46.1 Å². The molecule has 1 aromatic carbocycles. The predicted octanol–water partition coefficient (Wildman–Crippen LogP) is 4.99. The fourth-order valence-electron chi connectivity index (χ4n) is 1.99. The maximum Gasteiger partial charge on any atom is 0.124 e. The minimum atomic E-state index is -0.162. The molecule has 0 saturated heterocycles. The van der Waals surface area contributed by atoms with Crippen molar-refractivity contribution in [3.8, 4) is 0 Å². The van der Waals surface area contributed by atoms with Crippen molar-refractivity contribution in [3.63, 3.8) is 0 Å². The van der Waals surface area contributed by atoms with Crippen LogP contribution in [-0.2, 0) is 6.54 Å². The van der Waals surface area contributed by atoms with Gasteiger partial charge in [0.1, 0.15) is 5.82 Å². The molecule has 0 heterocycles. The van der Waals surface area contributed by atoms with Crippen molar-refractivity contribution in [2.24, 2.45) is 0 Å². The largest absolute Gasteiger partial charge is 0.299 e. The van der Waals surface area contributed by atoms with Gasteiger partial charge in [-0.2, -0.15) is 0 Å². The Hall–Kier alpha value is -0.410. The molecule has 1 nitrogen and oxygen atoms in total. The zero-order chi connectivity index (χ0) is 13.4. The van der Waals surface area contributed by atoms with Crippen LogP contribution in [0.5, 0.6) is 0 Å². The summed E-state index contributed by atoms with van der Waals surface area (Å²) >= 11 is 3.35. The molecule has 102 valence electrons. The van der Waals surface area contributed by atoms with Crippen molar-refractivity contribution in [1.82, 2.24) is 4.90 Å². The predicted molar refractivity (Wildman–Crippen MR) is 79.2 cm³/mol. The molecule has 1 aromatic rings. The van der Waals surface area contributed by atoms with Crippen molar-refractivity contribution in [1.29, 1.82) is 0 Å². The van der Waals surface area contributed by atoms with Crippen LogP contribution in [0.4, 0.5) is 4.39 Å². The van der Waals surface area contributed by atoms with Crippen LogP contribution < -0.4 is 0 Å². The Morgan fingerprint density at radius 1 is 1.06 bits per heavy atom. The summed E-state index contributed by atoms with van der Waals surface area (Å²) in [6, 6.07) is 5.15. The molecule has 0 fully saturated rings. The molecular weight excluding hydrogens is 293 g/mol. The molecule has 1 rings (SSSR count). The number of halogens is 2. The van der Waals surface area contributed by atoms with Crippen molar-refractivity contribution >= 4 is 15.9 Å². The van der Waals surface area contributed by atoms with Crippen LogP contribution in [0.3, 0.4) is 0 Å². The van der Waals surface area contributed by atoms with Gasteiger partial charge in [-0.1, -0.05) is 42.6 Å². The molecule has 18 heavy (non-hydrogen) atoms. The van der Waals surface area contributed by atoms with Gasteiger partial charge in [0.15, 0.2) is 0 Å². The SMILES string of the molecule is CCCCN(CCCC)Cc1cc(F)cc(Br)c1. The van der Waals surface area contributed by atoms with E-state index in [9.17, 15) is 4.39 Å². The third kappa shape index (κ3) is 5.96. The van der Waals surface area contributed by atoms with E-state index in [1.807, 2.05) is 6.07 Å². The van der Waals surface area contributed by atoms with E-state index >= 15 is 0 Å². The quantitative estimate of drug-likeness (QED) is 0.653. The Balaban J connectivity index is 2.62. The Morgan fingerprint density at radius 3 is 2.17 bits per heavy atom. The van der Waals surface area contributed by atoms with Crippen LogP contribution in [0.25, 0.3) is 0 Å². The monoisotopic (exact) mass is 315 g/mol. The summed E-state index contributed by atoms with van der Waals surface area (Å²) in [7, 11) is 0. The van der Waals surface area contributed by atoms with Gasteiger partial charge in [-0.25, -0.2) is 4.39 Å². The van der Waals surface area contributed by atoms with E-state index in [1.165, 1.54) is 31.7 Å². The molecule has 0 aliphatic heterocycles. The summed E-state index contributed by atoms with van der Waals surface area (Å²) in [4.78, 5) is 2.42. The van der Waals surface area contributed by atoms with Crippen molar-refractivity contribution in [3.05, 3.63) is 34.1 Å². The smallest absolute Gasteiger partial charge is 0.124 e. The standard InChI is InChI=1S/C15H23BrFN/c1-3-5-7-18(8-6-4-2)12-13-9-14(16)11-15(17)10-13/h9-11H,3-8,12H2,1-2H3. The van der Waals surface area contributed by atoms with Gasteiger partial charge in [0, 0.05) is 11.0 Å². The first kappa shape index (κ1) is 15.6. The average molecular weight is 316 g/mol. The Kier molecular flexibility index (Phi) is 7.52. The van der Waals surface area contributed by atoms with E-state index in [4.69, 9.17) is 0 Å². The first-order chi connectivity index (χ1) is 8.65. The minimum Gasteiger partial charge on any atom is -0.299 e. The van der Waals surface area contributed by atoms with Crippen molar-refractivity contribution < 1.29 is 4.39 Å². The second-order valence-corrected chi connectivity index (χ2v) is 5.68. The first-order valence-corrected chi connectivity index (χ1v) is 7.62. The van der Waals surface area contributed by atoms with E-state index in [0.29, 0.717) is 0 Å². The zero-order valence-electron chi connectivity index (χ0n) is 11.4. The lowest BCUT2D eigenvalue weighted by molar-refractivity contribution is 0.257. The van der Waals surface area contributed by atoms with Gasteiger partial charge in [0.05, 0.1) is 0 Å². The molecular formula is C15H23BrFN. The third-order valence-electron chi connectivity index (χ3n) is 2.98. The molecule has 0 aliphatic rings. The molecule has 0 atom stereocenters. The van der Waals surface area contributed by atoms with Gasteiger partial charge in [-0.05, 0) is 49.7 Å². The Morgan fingerprint density at radius 2 is 1.67 bits per heavy atom. The van der Waals surface area contributed by atoms with Gasteiger partial charge in [0.25, 0.3) is 0 Å². The molecule has 0 amide bonds. The maximum absolute atomic E-state index is 13.3. The highest BCUT2D eigenvalue weighted by atomic mass is 79.9. The van der Waals surface area contributed by atoms with E-state index in [2.05, 4.69) is 34.7 Å². The molecule has 0 N–H and O–H groups in total. The number of benzene rings is 1. The number of rotatable bonds is 8. The number of unbranched alkanes of at least 4 members (excludes halogenated alkanes) is 2. The van der Waals surface area contributed by atoms with Crippen LogP contribution in [0.1, 0.15) is 45.1 Å². The molecule has 0 saturated carbocycles. The molecule has 0 bridgehead atoms. The van der Waals surface area contributed by atoms with Crippen LogP contribution in [0.15, 0.2) is 22.7 Å². The lowest BCUT2D eigenvalue weighted by atomic mass is 10.2. The highest BCUT2D eigenvalue weighted by Gasteiger charge is 2.07. The third-order valence-corrected chi connectivity index (χ3v) is 3.44. The van der Waals surface area contributed by atoms with Gasteiger partial charge in [0.2, 0.25) is 0 Å². The topological polar surface area (TPSA) is 3.24 Å². The highest BCUT2D eigenvalue weighted by Crippen LogP contribution is 2.17. The lowest BCUT2D eigenvalue weighted by Gasteiger charge is -2.22. The van der Waals surface area contributed by atoms with E-state index in [1.54, 1.807) is 6.07 Å². The Labute approximate surface area is 119 Å². The van der Waals surface area contributed by atoms with Gasteiger partial charge < -0.3 is 0 Å². The fraction of sp³-hybridized carbons (Fsp3) is 0.600. The molecule has 0 aliphatic carbocycles. The van der Waals surface area contributed by atoms with Gasteiger partial charge in [-0.3, -0.25) is 4.90 Å². The lowest BCUT2D eigenvalue weighted by Crippen LogP contribution is -2.25. The Bertz CT molecular complexity index is 326. The number of hydrogen-bond acceptors (Lipinski definition) is 1. The molecule has 0 unspecified atom stereocenters. The maximum atomic E-state index is 13.3. The van der Waals surface area contributed by atoms with E-state index < -0.39 is 0 Å². The second kappa shape index (κ2) is 8.65. The second-order valence-electron chi connectivity index (χ2n) is 4.76. The summed E-state index contributed by atoms with van der Waals surface area (Å²) in [5, 5.41) is 0. The van der Waals surface area contributed by atoms with Crippen LogP contribution in [0, 0.1) is 5.82 Å². The molecule has 3 heteroatoms. The molecule has 0 spiro atoms. The minimum absolute atomic E-state index is 0.162. The van der Waals surface area contributed by atoms with Crippen molar-refractivity contribution in [2.75, 3.05) is 13.1 Å². The fourth-order valence-corrected chi connectivity index (χ4v) is 2.51. The summed E-state index contributed by atoms with van der Waals surface area (Å²) in [5.41, 5.74) is 1.05. The molecule has 0 radical (unpaired) electrons. The molecule has 0 aromatic heterocycles. The highest BCUT2D eigenvalue weighted by molar-refractivity contribution is 9.10. The normalized spacial score (nSPS) is 11.2. The van der Waals surface area contributed by atoms with Gasteiger partial charge >= 0.3 is 0 Å². The first-order valence-electron chi connectivity index (χ1n) is 6.83. The van der Waals surface area contributed by atoms with Crippen LogP contribution >= 0.6 is 15.9 Å². The summed E-state index contributed by atoms with van der Waals surface area (Å²) in [6.07, 6.45) is 4.82. The zero-order valence-corrected chi connectivity index (χ0v) is 13.0. The number of nitrogens with zero attached hydrogens (tertiary/aromatic N) is 1. The number of hydrogen-bond donors (Lipinski definition) is 0. The summed E-state index contributed by atoms with van der Waals surface area (Å²) in [5.74, 6) is -0.162.